The molecule has 0 aromatic carbocycles. The summed E-state index contributed by atoms with van der Waals surface area (Å²) in [6.45, 7) is 3.83. The van der Waals surface area contributed by atoms with Crippen LogP contribution in [0.25, 0.3) is 0 Å². The van der Waals surface area contributed by atoms with Gasteiger partial charge in [0.25, 0.3) is 0 Å². The quantitative estimate of drug-likeness (QED) is 0.795. The Labute approximate surface area is 125 Å². The van der Waals surface area contributed by atoms with Crippen molar-refractivity contribution in [2.24, 2.45) is 0 Å². The summed E-state index contributed by atoms with van der Waals surface area (Å²) in [5.41, 5.74) is 0.676. The Kier molecular flexibility index (Phi) is 4.74. The average Bonchev–Trinajstić information content (AvgIpc) is 3.07. The number of thiophene rings is 1. The molecule has 2 aromatic heterocycles. The number of hydrogen-bond acceptors (Lipinski definition) is 5. The average molecular weight is 311 g/mol. The number of anilines is 1. The first-order chi connectivity index (χ1) is 9.51. The zero-order valence-electron chi connectivity index (χ0n) is 11.3. The number of nitrogens with one attached hydrogen (secondary N) is 2. The minimum atomic E-state index is -1.07. The van der Waals surface area contributed by atoms with Gasteiger partial charge in [-0.05, 0) is 35.7 Å². The van der Waals surface area contributed by atoms with Gasteiger partial charge in [-0.3, -0.25) is 5.32 Å². The van der Waals surface area contributed by atoms with Crippen molar-refractivity contribution >= 4 is 33.8 Å². The van der Waals surface area contributed by atoms with E-state index in [4.69, 9.17) is 0 Å². The maximum atomic E-state index is 11.8. The molecule has 20 heavy (non-hydrogen) atoms. The van der Waals surface area contributed by atoms with Crippen LogP contribution in [-0.4, -0.2) is 22.7 Å². The van der Waals surface area contributed by atoms with E-state index in [0.717, 1.165) is 17.7 Å². The van der Waals surface area contributed by atoms with Gasteiger partial charge in [-0.25, -0.2) is 9.78 Å². The Hall–Kier alpha value is -1.44. The largest absolute Gasteiger partial charge is 0.384 e. The molecule has 108 valence electrons. The van der Waals surface area contributed by atoms with Crippen LogP contribution in [-0.2, 0) is 12.0 Å². The van der Waals surface area contributed by atoms with Crippen molar-refractivity contribution in [3.8, 4) is 0 Å². The summed E-state index contributed by atoms with van der Waals surface area (Å²) in [5, 5.41) is 21.8. The van der Waals surface area contributed by atoms with Crippen LogP contribution in [0, 0.1) is 0 Å². The van der Waals surface area contributed by atoms with Gasteiger partial charge in [0, 0.05) is 5.38 Å². The number of aryl methyl sites for hydroxylation is 1. The molecule has 0 saturated heterocycles. The molecule has 2 heterocycles. The zero-order valence-corrected chi connectivity index (χ0v) is 13.0. The number of aliphatic hydroxyl groups is 1. The number of hydrogen-bond donors (Lipinski definition) is 3. The summed E-state index contributed by atoms with van der Waals surface area (Å²) in [5.74, 6) is 0. The van der Waals surface area contributed by atoms with E-state index in [0.29, 0.717) is 5.13 Å². The summed E-state index contributed by atoms with van der Waals surface area (Å²) >= 11 is 2.90. The molecule has 7 heteroatoms. The molecule has 0 aliphatic rings. The lowest BCUT2D eigenvalue weighted by Gasteiger charge is -2.22. The van der Waals surface area contributed by atoms with E-state index in [9.17, 15) is 9.90 Å². The molecule has 0 aliphatic carbocycles. The fraction of sp³-hybridized carbons (Fsp3) is 0.385. The van der Waals surface area contributed by atoms with Crippen molar-refractivity contribution in [3.05, 3.63) is 33.5 Å². The minimum absolute atomic E-state index is 0.140. The summed E-state index contributed by atoms with van der Waals surface area (Å²) in [6.07, 6.45) is 0.840. The van der Waals surface area contributed by atoms with Crippen molar-refractivity contribution in [3.63, 3.8) is 0 Å². The van der Waals surface area contributed by atoms with Crippen molar-refractivity contribution < 1.29 is 9.90 Å². The number of rotatable bonds is 5. The Balaban J connectivity index is 1.86. The van der Waals surface area contributed by atoms with Crippen LogP contribution in [0.3, 0.4) is 0 Å². The number of urea groups is 1. The van der Waals surface area contributed by atoms with Crippen LogP contribution in [0.5, 0.6) is 0 Å². The number of thiazole rings is 1. The number of nitrogens with zero attached hydrogens (tertiary/aromatic N) is 1. The van der Waals surface area contributed by atoms with Gasteiger partial charge in [0.2, 0.25) is 0 Å². The van der Waals surface area contributed by atoms with Crippen molar-refractivity contribution in [2.45, 2.75) is 25.9 Å². The predicted octanol–water partition coefficient (Wildman–Crippen LogP) is 2.80. The van der Waals surface area contributed by atoms with Gasteiger partial charge in [-0.2, -0.15) is 11.3 Å². The molecule has 0 radical (unpaired) electrons. The molecule has 2 amide bonds. The summed E-state index contributed by atoms with van der Waals surface area (Å²) in [6, 6.07) is 1.48. The second-order valence-electron chi connectivity index (χ2n) is 4.59. The third-order valence-electron chi connectivity index (χ3n) is 2.87. The fourth-order valence-electron chi connectivity index (χ4n) is 1.59. The molecule has 0 spiro atoms. The lowest BCUT2D eigenvalue weighted by molar-refractivity contribution is 0.0604. The van der Waals surface area contributed by atoms with Crippen molar-refractivity contribution in [1.82, 2.24) is 10.3 Å². The predicted molar refractivity (Wildman–Crippen MR) is 82.4 cm³/mol. The van der Waals surface area contributed by atoms with Gasteiger partial charge < -0.3 is 10.4 Å². The zero-order chi connectivity index (χ0) is 14.6. The second kappa shape index (κ2) is 6.34. The third-order valence-corrected chi connectivity index (χ3v) is 4.36. The number of carbonyl (C=O) groups is 1. The molecule has 2 aromatic rings. The Morgan fingerprint density at radius 1 is 1.50 bits per heavy atom. The van der Waals surface area contributed by atoms with Crippen molar-refractivity contribution in [2.75, 3.05) is 11.9 Å². The first-order valence-electron chi connectivity index (χ1n) is 6.25. The van der Waals surface area contributed by atoms with E-state index in [-0.39, 0.29) is 12.6 Å². The number of carbonyl (C=O) groups excluding carboxylic acids is 1. The Morgan fingerprint density at radius 3 is 2.90 bits per heavy atom. The molecular formula is C13H17N3O2S2. The summed E-state index contributed by atoms with van der Waals surface area (Å²) in [7, 11) is 0. The van der Waals surface area contributed by atoms with E-state index in [1.54, 1.807) is 6.92 Å². The van der Waals surface area contributed by atoms with E-state index in [2.05, 4.69) is 15.6 Å². The van der Waals surface area contributed by atoms with E-state index >= 15 is 0 Å². The Bertz CT molecular complexity index is 564. The van der Waals surface area contributed by atoms with Gasteiger partial charge in [0.15, 0.2) is 5.13 Å². The minimum Gasteiger partial charge on any atom is -0.384 e. The SMILES string of the molecule is CCc1csc(NC(=O)NCC(C)(O)c2ccsc2)n1. The van der Waals surface area contributed by atoms with Crippen LogP contribution < -0.4 is 10.6 Å². The lowest BCUT2D eigenvalue weighted by atomic mass is 9.99. The highest BCUT2D eigenvalue weighted by Crippen LogP contribution is 2.22. The first-order valence-corrected chi connectivity index (χ1v) is 8.08. The maximum absolute atomic E-state index is 11.8. The van der Waals surface area contributed by atoms with Gasteiger partial charge in [0.1, 0.15) is 5.60 Å². The van der Waals surface area contributed by atoms with Gasteiger partial charge in [0.05, 0.1) is 12.2 Å². The van der Waals surface area contributed by atoms with Crippen LogP contribution >= 0.6 is 22.7 Å². The smallest absolute Gasteiger partial charge is 0.321 e. The first kappa shape index (κ1) is 15.0. The highest BCUT2D eigenvalue weighted by Gasteiger charge is 2.24. The number of aromatic nitrogens is 1. The molecular weight excluding hydrogens is 294 g/mol. The molecule has 0 fully saturated rings. The third kappa shape index (κ3) is 3.78. The molecule has 5 nitrogen and oxygen atoms in total. The van der Waals surface area contributed by atoms with E-state index < -0.39 is 5.60 Å². The topological polar surface area (TPSA) is 74.2 Å². The van der Waals surface area contributed by atoms with Gasteiger partial charge in [-0.15, -0.1) is 11.3 Å². The van der Waals surface area contributed by atoms with Gasteiger partial charge in [-0.1, -0.05) is 6.92 Å². The fourth-order valence-corrected chi connectivity index (χ4v) is 3.16. The molecule has 3 N–H and O–H groups in total. The molecule has 1 unspecified atom stereocenters. The van der Waals surface area contributed by atoms with E-state index in [1.165, 1.54) is 22.7 Å². The monoisotopic (exact) mass is 311 g/mol. The standard InChI is InChI=1S/C13H17N3O2S2/c1-3-10-7-20-12(15-10)16-11(17)14-8-13(2,18)9-4-5-19-6-9/h4-7,18H,3,8H2,1-2H3,(H2,14,15,16,17). The molecule has 0 aliphatic heterocycles. The maximum Gasteiger partial charge on any atom is 0.321 e. The Morgan fingerprint density at radius 2 is 2.30 bits per heavy atom. The van der Waals surface area contributed by atoms with Gasteiger partial charge >= 0.3 is 6.03 Å². The lowest BCUT2D eigenvalue weighted by Crippen LogP contribution is -2.40. The van der Waals surface area contributed by atoms with Crippen LogP contribution in [0.4, 0.5) is 9.93 Å². The molecule has 2 rings (SSSR count). The molecule has 0 bridgehead atoms. The number of amides is 2. The molecule has 0 saturated carbocycles. The van der Waals surface area contributed by atoms with Crippen molar-refractivity contribution in [1.29, 1.82) is 0 Å². The summed E-state index contributed by atoms with van der Waals surface area (Å²) in [4.78, 5) is 16.0. The highest BCUT2D eigenvalue weighted by atomic mass is 32.1. The van der Waals surface area contributed by atoms with Crippen LogP contribution in [0.15, 0.2) is 22.2 Å². The van der Waals surface area contributed by atoms with Crippen LogP contribution in [0.2, 0.25) is 0 Å². The highest BCUT2D eigenvalue weighted by molar-refractivity contribution is 7.13. The summed E-state index contributed by atoms with van der Waals surface area (Å²) < 4.78 is 0. The second-order valence-corrected chi connectivity index (χ2v) is 6.23. The van der Waals surface area contributed by atoms with Crippen LogP contribution in [0.1, 0.15) is 25.1 Å². The molecule has 1 atom stereocenters. The van der Waals surface area contributed by atoms with E-state index in [1.807, 2.05) is 29.1 Å². The normalized spacial score (nSPS) is 13.8.